The number of hydrogen-bond donors (Lipinski definition) is 1. The van der Waals surface area contributed by atoms with Crippen molar-refractivity contribution in [1.29, 1.82) is 5.26 Å². The zero-order valence-corrected chi connectivity index (χ0v) is 21.9. The Kier molecular flexibility index (Phi) is 5.02. The van der Waals surface area contributed by atoms with Crippen LogP contribution in [0.2, 0.25) is 0 Å². The van der Waals surface area contributed by atoms with E-state index in [1.165, 1.54) is 0 Å². The SMILES string of the molecule is N#Cc1c(-c2ccc3c(c2)OCO3)cc2cnn3c(nc(=O)c4c(-c5ccccc5)nn(-c5ccccc5)c43)c2c1N. The maximum atomic E-state index is 13.8. The summed E-state index contributed by atoms with van der Waals surface area (Å²) >= 11 is 0. The zero-order valence-electron chi connectivity index (χ0n) is 21.9. The third-order valence-corrected chi connectivity index (χ3v) is 7.46. The average molecular weight is 550 g/mol. The fraction of sp³-hybridized carbons (Fsp3) is 0.0312. The molecule has 0 saturated heterocycles. The Morgan fingerprint density at radius 1 is 0.881 bits per heavy atom. The summed E-state index contributed by atoms with van der Waals surface area (Å²) in [6, 6.07) is 28.5. The molecular formula is C32H19N7O3. The molecule has 0 fully saturated rings. The molecule has 7 aromatic rings. The van der Waals surface area contributed by atoms with Crippen LogP contribution in [0.4, 0.5) is 5.69 Å². The average Bonchev–Trinajstić information content (AvgIpc) is 3.67. The standard InChI is InChI=1S/C32H19N7O3/c33-15-23-22(19-11-12-24-25(14-19)42-17-41-24)13-20-16-35-39-30(26(20)28(23)34)36-31(40)27-29(18-7-3-1-4-8-18)37-38(32(27)39)21-9-5-2-6-10-21/h1-14,16H,17,34H2. The molecule has 0 unspecified atom stereocenters. The Morgan fingerprint density at radius 3 is 2.43 bits per heavy atom. The van der Waals surface area contributed by atoms with Crippen molar-refractivity contribution in [2.24, 2.45) is 0 Å². The molecule has 1 aliphatic heterocycles. The second-order valence-electron chi connectivity index (χ2n) is 9.81. The molecule has 2 N–H and O–H groups in total. The second-order valence-corrected chi connectivity index (χ2v) is 9.81. The number of aromatic nitrogens is 5. The zero-order chi connectivity index (χ0) is 28.4. The molecule has 0 atom stereocenters. The first kappa shape index (κ1) is 23.7. The summed E-state index contributed by atoms with van der Waals surface area (Å²) in [7, 11) is 0. The van der Waals surface area contributed by atoms with Gasteiger partial charge in [-0.15, -0.1) is 0 Å². The van der Waals surface area contributed by atoms with Crippen LogP contribution in [0.3, 0.4) is 0 Å². The third-order valence-electron chi connectivity index (χ3n) is 7.46. The van der Waals surface area contributed by atoms with Crippen LogP contribution in [-0.2, 0) is 0 Å². The molecular weight excluding hydrogens is 530 g/mol. The van der Waals surface area contributed by atoms with Crippen LogP contribution < -0.4 is 20.8 Å². The van der Waals surface area contributed by atoms with Gasteiger partial charge in [-0.05, 0) is 35.9 Å². The van der Waals surface area contributed by atoms with Crippen LogP contribution in [0.5, 0.6) is 11.5 Å². The monoisotopic (exact) mass is 549 g/mol. The van der Waals surface area contributed by atoms with Crippen molar-refractivity contribution >= 4 is 33.1 Å². The Labute approximate surface area is 237 Å². The molecule has 10 nitrogen and oxygen atoms in total. The number of para-hydroxylation sites is 1. The number of anilines is 1. The van der Waals surface area contributed by atoms with E-state index >= 15 is 0 Å². The molecule has 4 heterocycles. The van der Waals surface area contributed by atoms with E-state index in [4.69, 9.17) is 25.4 Å². The van der Waals surface area contributed by atoms with Crippen molar-refractivity contribution in [3.8, 4) is 45.6 Å². The summed E-state index contributed by atoms with van der Waals surface area (Å²) in [6.07, 6.45) is 1.66. The van der Waals surface area contributed by atoms with Gasteiger partial charge in [-0.25, -0.2) is 4.68 Å². The highest BCUT2D eigenvalue weighted by Gasteiger charge is 2.24. The number of hydrogen-bond acceptors (Lipinski definition) is 8. The highest BCUT2D eigenvalue weighted by molar-refractivity contribution is 6.08. The van der Waals surface area contributed by atoms with E-state index in [1.807, 2.05) is 78.9 Å². The quantitative estimate of drug-likeness (QED) is 0.238. The molecule has 0 aliphatic carbocycles. The van der Waals surface area contributed by atoms with Crippen molar-refractivity contribution in [3.63, 3.8) is 0 Å². The highest BCUT2D eigenvalue weighted by atomic mass is 16.7. The van der Waals surface area contributed by atoms with Crippen LogP contribution >= 0.6 is 0 Å². The van der Waals surface area contributed by atoms with E-state index < -0.39 is 5.56 Å². The predicted molar refractivity (Wildman–Crippen MR) is 158 cm³/mol. The first-order chi connectivity index (χ1) is 20.6. The topological polar surface area (TPSA) is 133 Å². The third kappa shape index (κ3) is 3.37. The van der Waals surface area contributed by atoms with Gasteiger partial charge >= 0.3 is 0 Å². The number of fused-ring (bicyclic) bond motifs is 6. The molecule has 42 heavy (non-hydrogen) atoms. The number of nitrogens with zero attached hydrogens (tertiary/aromatic N) is 6. The van der Waals surface area contributed by atoms with Crippen molar-refractivity contribution in [3.05, 3.63) is 107 Å². The van der Waals surface area contributed by atoms with Gasteiger partial charge in [0.25, 0.3) is 5.56 Å². The normalized spacial score (nSPS) is 12.3. The Bertz CT molecular complexity index is 2320. The fourth-order valence-corrected chi connectivity index (χ4v) is 5.53. The summed E-state index contributed by atoms with van der Waals surface area (Å²) in [6.45, 7) is 0.139. The summed E-state index contributed by atoms with van der Waals surface area (Å²) < 4.78 is 14.2. The first-order valence-corrected chi connectivity index (χ1v) is 13.1. The first-order valence-electron chi connectivity index (χ1n) is 13.1. The van der Waals surface area contributed by atoms with Crippen molar-refractivity contribution < 1.29 is 9.47 Å². The molecule has 4 aromatic carbocycles. The maximum absolute atomic E-state index is 13.8. The van der Waals surface area contributed by atoms with Crippen LogP contribution in [0, 0.1) is 11.3 Å². The lowest BCUT2D eigenvalue weighted by molar-refractivity contribution is 0.174. The van der Waals surface area contributed by atoms with Crippen LogP contribution in [-0.4, -0.2) is 31.2 Å². The molecule has 3 aromatic heterocycles. The largest absolute Gasteiger partial charge is 0.454 e. The number of nitriles is 1. The van der Waals surface area contributed by atoms with E-state index in [-0.39, 0.29) is 23.7 Å². The predicted octanol–water partition coefficient (Wildman–Crippen LogP) is 5.10. The lowest BCUT2D eigenvalue weighted by Gasteiger charge is -2.14. The molecule has 8 rings (SSSR count). The maximum Gasteiger partial charge on any atom is 0.285 e. The molecule has 0 radical (unpaired) electrons. The van der Waals surface area contributed by atoms with Gasteiger partial charge in [-0.3, -0.25) is 4.79 Å². The fourth-order valence-electron chi connectivity index (χ4n) is 5.53. The van der Waals surface area contributed by atoms with Gasteiger partial charge in [-0.2, -0.15) is 25.0 Å². The van der Waals surface area contributed by atoms with Gasteiger partial charge in [0.05, 0.1) is 28.5 Å². The summed E-state index contributed by atoms with van der Waals surface area (Å²) in [5, 5.41) is 21.2. The van der Waals surface area contributed by atoms with E-state index in [0.29, 0.717) is 44.6 Å². The minimum Gasteiger partial charge on any atom is -0.454 e. The van der Waals surface area contributed by atoms with Gasteiger partial charge in [0.15, 0.2) is 22.8 Å². The van der Waals surface area contributed by atoms with Crippen molar-refractivity contribution in [2.45, 2.75) is 0 Å². The number of nitrogens with two attached hydrogens (primary N) is 1. The Morgan fingerprint density at radius 2 is 1.64 bits per heavy atom. The Hall–Kier alpha value is -6.21. The summed E-state index contributed by atoms with van der Waals surface area (Å²) in [4.78, 5) is 18.3. The van der Waals surface area contributed by atoms with Gasteiger partial charge in [0.2, 0.25) is 6.79 Å². The number of benzene rings is 4. The molecule has 0 bridgehead atoms. The van der Waals surface area contributed by atoms with Crippen molar-refractivity contribution in [1.82, 2.24) is 24.4 Å². The number of nitrogen functional groups attached to an aromatic ring is 1. The Balaban J connectivity index is 1.47. The van der Waals surface area contributed by atoms with Gasteiger partial charge in [0.1, 0.15) is 17.1 Å². The van der Waals surface area contributed by atoms with Gasteiger partial charge in [-0.1, -0.05) is 54.6 Å². The molecule has 0 amide bonds. The second kappa shape index (κ2) is 8.90. The molecule has 1 aliphatic rings. The molecule has 0 saturated carbocycles. The van der Waals surface area contributed by atoms with Gasteiger partial charge < -0.3 is 15.2 Å². The van der Waals surface area contributed by atoms with Crippen LogP contribution in [0.1, 0.15) is 5.56 Å². The lowest BCUT2D eigenvalue weighted by atomic mass is 9.95. The summed E-state index contributed by atoms with van der Waals surface area (Å²) in [5.41, 5.74) is 10.7. The number of ether oxygens (including phenoxy) is 2. The number of rotatable bonds is 3. The van der Waals surface area contributed by atoms with Gasteiger partial charge in [0, 0.05) is 16.5 Å². The minimum atomic E-state index is -0.474. The van der Waals surface area contributed by atoms with Crippen molar-refractivity contribution in [2.75, 3.05) is 12.5 Å². The molecule has 200 valence electrons. The van der Waals surface area contributed by atoms with E-state index in [9.17, 15) is 10.1 Å². The lowest BCUT2D eigenvalue weighted by Crippen LogP contribution is -2.14. The smallest absolute Gasteiger partial charge is 0.285 e. The van der Waals surface area contributed by atoms with E-state index in [2.05, 4.69) is 11.1 Å². The van der Waals surface area contributed by atoms with Crippen LogP contribution in [0.15, 0.2) is 95.9 Å². The van der Waals surface area contributed by atoms with E-state index in [0.717, 1.165) is 16.8 Å². The van der Waals surface area contributed by atoms with E-state index in [1.54, 1.807) is 21.5 Å². The summed E-state index contributed by atoms with van der Waals surface area (Å²) in [5.74, 6) is 1.22. The molecule has 0 spiro atoms. The molecule has 10 heteroatoms. The minimum absolute atomic E-state index is 0.139. The highest BCUT2D eigenvalue weighted by Crippen LogP contribution is 2.40. The van der Waals surface area contributed by atoms with Crippen LogP contribution in [0.25, 0.3) is 55.5 Å².